The molecule has 1 aliphatic carbocycles. The quantitative estimate of drug-likeness (QED) is 0.907. The van der Waals surface area contributed by atoms with Gasteiger partial charge in [0.1, 0.15) is 11.6 Å². The molecule has 1 amide bonds. The van der Waals surface area contributed by atoms with Crippen LogP contribution in [0.4, 0.5) is 20.4 Å². The Balaban J connectivity index is 1.65. The molecule has 1 aliphatic rings. The molecule has 0 atom stereocenters. The molecule has 1 heterocycles. The largest absolute Gasteiger partial charge is 0.351 e. The number of amides is 1. The van der Waals surface area contributed by atoms with Crippen molar-refractivity contribution in [3.63, 3.8) is 0 Å². The summed E-state index contributed by atoms with van der Waals surface area (Å²) in [5.74, 6) is -1.62. The highest BCUT2D eigenvalue weighted by atomic mass is 19.1. The highest BCUT2D eigenvalue weighted by Gasteiger charge is 2.16. The fraction of sp³-hybridized carbons (Fsp3) is 0.312. The summed E-state index contributed by atoms with van der Waals surface area (Å²) in [6.45, 7) is 0. The Morgan fingerprint density at radius 3 is 2.48 bits per heavy atom. The summed E-state index contributed by atoms with van der Waals surface area (Å²) >= 11 is 0. The van der Waals surface area contributed by atoms with Gasteiger partial charge in [-0.3, -0.25) is 4.79 Å². The zero-order valence-corrected chi connectivity index (χ0v) is 12.4. The molecule has 0 aliphatic heterocycles. The molecule has 0 bridgehead atoms. The third-order valence-corrected chi connectivity index (χ3v) is 3.78. The molecule has 0 spiro atoms. The van der Waals surface area contributed by atoms with E-state index in [1.165, 1.54) is 31.3 Å². The van der Waals surface area contributed by atoms with E-state index in [0.29, 0.717) is 18.1 Å². The third-order valence-electron chi connectivity index (χ3n) is 3.78. The molecular formula is C16H16F2N4O. The lowest BCUT2D eigenvalue weighted by Crippen LogP contribution is -2.18. The molecule has 1 fully saturated rings. The van der Waals surface area contributed by atoms with E-state index in [-0.39, 0.29) is 11.3 Å². The van der Waals surface area contributed by atoms with Crippen LogP contribution < -0.4 is 10.6 Å². The van der Waals surface area contributed by atoms with Gasteiger partial charge in [0.2, 0.25) is 5.95 Å². The second kappa shape index (κ2) is 6.68. The standard InChI is InChI=1S/C16H16F2N4O/c17-11-5-6-14(13(18)7-11)22-15(23)10-8-19-16(20-9-10)21-12-3-1-2-4-12/h5-9,12H,1-4H2,(H,22,23)(H,19,20,21). The SMILES string of the molecule is O=C(Nc1ccc(F)cc1F)c1cnc(NC2CCCC2)nc1. The van der Waals surface area contributed by atoms with Gasteiger partial charge in [-0.15, -0.1) is 0 Å². The van der Waals surface area contributed by atoms with Gasteiger partial charge in [0.05, 0.1) is 11.3 Å². The highest BCUT2D eigenvalue weighted by molar-refractivity contribution is 6.03. The van der Waals surface area contributed by atoms with Crippen molar-refractivity contribution < 1.29 is 13.6 Å². The van der Waals surface area contributed by atoms with Crippen LogP contribution >= 0.6 is 0 Å². The van der Waals surface area contributed by atoms with E-state index < -0.39 is 17.5 Å². The first-order valence-corrected chi connectivity index (χ1v) is 7.47. The first-order valence-electron chi connectivity index (χ1n) is 7.47. The van der Waals surface area contributed by atoms with E-state index >= 15 is 0 Å². The highest BCUT2D eigenvalue weighted by Crippen LogP contribution is 2.20. The van der Waals surface area contributed by atoms with Crippen LogP contribution in [0.3, 0.4) is 0 Å². The van der Waals surface area contributed by atoms with Crippen molar-refractivity contribution in [2.75, 3.05) is 10.6 Å². The molecule has 5 nitrogen and oxygen atoms in total. The number of nitrogens with zero attached hydrogens (tertiary/aromatic N) is 2. The van der Waals surface area contributed by atoms with Crippen LogP contribution in [0.1, 0.15) is 36.0 Å². The molecular weight excluding hydrogens is 302 g/mol. The molecule has 120 valence electrons. The molecule has 1 aromatic carbocycles. The summed E-state index contributed by atoms with van der Waals surface area (Å²) in [4.78, 5) is 20.2. The number of hydrogen-bond acceptors (Lipinski definition) is 4. The van der Waals surface area contributed by atoms with Crippen LogP contribution in [0.25, 0.3) is 0 Å². The zero-order chi connectivity index (χ0) is 16.2. The van der Waals surface area contributed by atoms with Crippen LogP contribution in [0.5, 0.6) is 0 Å². The third kappa shape index (κ3) is 3.80. The Bertz CT molecular complexity index is 700. The minimum absolute atomic E-state index is 0.0930. The Kier molecular flexibility index (Phi) is 4.45. The maximum absolute atomic E-state index is 13.5. The van der Waals surface area contributed by atoms with Crippen LogP contribution in [-0.2, 0) is 0 Å². The number of nitrogens with one attached hydrogen (secondary N) is 2. The molecule has 0 unspecified atom stereocenters. The number of anilines is 2. The summed E-state index contributed by atoms with van der Waals surface area (Å²) in [7, 11) is 0. The van der Waals surface area contributed by atoms with Gasteiger partial charge in [-0.05, 0) is 25.0 Å². The van der Waals surface area contributed by atoms with Gasteiger partial charge < -0.3 is 10.6 Å². The molecule has 0 radical (unpaired) electrons. The Morgan fingerprint density at radius 2 is 1.83 bits per heavy atom. The molecule has 23 heavy (non-hydrogen) atoms. The lowest BCUT2D eigenvalue weighted by atomic mass is 10.2. The van der Waals surface area contributed by atoms with E-state index in [1.807, 2.05) is 0 Å². The second-order valence-electron chi connectivity index (χ2n) is 5.50. The number of rotatable bonds is 4. The summed E-state index contributed by atoms with van der Waals surface area (Å²) in [6, 6.07) is 3.33. The van der Waals surface area contributed by atoms with E-state index in [1.54, 1.807) is 0 Å². The number of hydrogen-bond donors (Lipinski definition) is 2. The van der Waals surface area contributed by atoms with Crippen LogP contribution in [-0.4, -0.2) is 21.9 Å². The van der Waals surface area contributed by atoms with Gasteiger partial charge >= 0.3 is 0 Å². The number of benzene rings is 1. The van der Waals surface area contributed by atoms with Crippen molar-refractivity contribution in [3.8, 4) is 0 Å². The number of aromatic nitrogens is 2. The zero-order valence-electron chi connectivity index (χ0n) is 12.4. The monoisotopic (exact) mass is 318 g/mol. The Labute approximate surface area is 132 Å². The van der Waals surface area contributed by atoms with Crippen molar-refractivity contribution in [1.82, 2.24) is 9.97 Å². The fourth-order valence-corrected chi connectivity index (χ4v) is 2.56. The molecule has 0 saturated heterocycles. The average Bonchev–Trinajstić information content (AvgIpc) is 3.04. The van der Waals surface area contributed by atoms with E-state index in [0.717, 1.165) is 18.9 Å². The van der Waals surface area contributed by atoms with Crippen molar-refractivity contribution in [2.45, 2.75) is 31.7 Å². The molecule has 1 saturated carbocycles. The molecule has 2 aromatic rings. The van der Waals surface area contributed by atoms with Gasteiger partial charge in [-0.1, -0.05) is 12.8 Å². The first kappa shape index (κ1) is 15.3. The van der Waals surface area contributed by atoms with Crippen LogP contribution in [0.15, 0.2) is 30.6 Å². The minimum atomic E-state index is -0.834. The van der Waals surface area contributed by atoms with E-state index in [9.17, 15) is 13.6 Å². The average molecular weight is 318 g/mol. The Hall–Kier alpha value is -2.57. The van der Waals surface area contributed by atoms with E-state index in [2.05, 4.69) is 20.6 Å². The molecule has 3 rings (SSSR count). The van der Waals surface area contributed by atoms with Gasteiger partial charge in [0.15, 0.2) is 0 Å². The maximum atomic E-state index is 13.5. The summed E-state index contributed by atoms with van der Waals surface area (Å²) < 4.78 is 26.4. The summed E-state index contributed by atoms with van der Waals surface area (Å²) in [5, 5.41) is 5.58. The number of carbonyl (C=O) groups is 1. The molecule has 7 heteroatoms. The van der Waals surface area contributed by atoms with E-state index in [4.69, 9.17) is 0 Å². The molecule has 2 N–H and O–H groups in total. The Morgan fingerprint density at radius 1 is 1.13 bits per heavy atom. The first-order chi connectivity index (χ1) is 11.1. The van der Waals surface area contributed by atoms with Crippen LogP contribution in [0.2, 0.25) is 0 Å². The predicted octanol–water partition coefficient (Wildman–Crippen LogP) is 3.36. The van der Waals surface area contributed by atoms with Crippen molar-refractivity contribution in [3.05, 3.63) is 47.8 Å². The van der Waals surface area contributed by atoms with Crippen molar-refractivity contribution in [2.24, 2.45) is 0 Å². The van der Waals surface area contributed by atoms with Crippen LogP contribution in [0, 0.1) is 11.6 Å². The lowest BCUT2D eigenvalue weighted by molar-refractivity contribution is 0.102. The number of carbonyl (C=O) groups excluding carboxylic acids is 1. The van der Waals surface area contributed by atoms with Gasteiger partial charge in [-0.2, -0.15) is 0 Å². The van der Waals surface area contributed by atoms with Gasteiger partial charge in [0, 0.05) is 24.5 Å². The smallest absolute Gasteiger partial charge is 0.258 e. The predicted molar refractivity (Wildman–Crippen MR) is 82.2 cm³/mol. The second-order valence-corrected chi connectivity index (χ2v) is 5.50. The number of halogens is 2. The fourth-order valence-electron chi connectivity index (χ4n) is 2.56. The van der Waals surface area contributed by atoms with Gasteiger partial charge in [-0.25, -0.2) is 18.7 Å². The lowest BCUT2D eigenvalue weighted by Gasteiger charge is -2.11. The summed E-state index contributed by atoms with van der Waals surface area (Å²) in [6.07, 6.45) is 7.33. The molecule has 1 aromatic heterocycles. The maximum Gasteiger partial charge on any atom is 0.258 e. The van der Waals surface area contributed by atoms with Crippen molar-refractivity contribution in [1.29, 1.82) is 0 Å². The van der Waals surface area contributed by atoms with Crippen molar-refractivity contribution >= 4 is 17.5 Å². The normalized spacial score (nSPS) is 14.7. The minimum Gasteiger partial charge on any atom is -0.351 e. The topological polar surface area (TPSA) is 66.9 Å². The van der Waals surface area contributed by atoms with Gasteiger partial charge in [0.25, 0.3) is 5.91 Å². The summed E-state index contributed by atoms with van der Waals surface area (Å²) in [5.41, 5.74) is 0.107.